The van der Waals surface area contributed by atoms with Crippen molar-refractivity contribution < 1.29 is 9.59 Å². The number of amides is 1. The quantitative estimate of drug-likeness (QED) is 0.742. The number of carbonyl (C=O) groups excluding carboxylic acids is 2. The summed E-state index contributed by atoms with van der Waals surface area (Å²) in [5, 5.41) is 0.116. The standard InChI is InChI=1S/C14H15Br2NO2S/c1-9(18)20-8-10-4-14(19)17(6-10)7-11-5-12(15)2-3-13(11)16/h2-3,5,10H,4,6-8H2,1H3. The molecule has 0 spiro atoms. The summed E-state index contributed by atoms with van der Waals surface area (Å²) < 4.78 is 2.01. The van der Waals surface area contributed by atoms with Crippen molar-refractivity contribution in [1.82, 2.24) is 4.90 Å². The van der Waals surface area contributed by atoms with E-state index in [9.17, 15) is 9.59 Å². The van der Waals surface area contributed by atoms with E-state index >= 15 is 0 Å². The fraction of sp³-hybridized carbons (Fsp3) is 0.429. The Morgan fingerprint density at radius 1 is 1.45 bits per heavy atom. The average molecular weight is 421 g/mol. The second-order valence-corrected chi connectivity index (χ2v) is 7.85. The molecule has 20 heavy (non-hydrogen) atoms. The molecule has 3 nitrogen and oxygen atoms in total. The van der Waals surface area contributed by atoms with Crippen molar-refractivity contribution >= 4 is 54.6 Å². The maximum Gasteiger partial charge on any atom is 0.223 e. The van der Waals surface area contributed by atoms with E-state index in [-0.39, 0.29) is 16.9 Å². The Morgan fingerprint density at radius 2 is 2.20 bits per heavy atom. The summed E-state index contributed by atoms with van der Waals surface area (Å²) in [6, 6.07) is 5.96. The highest BCUT2D eigenvalue weighted by atomic mass is 79.9. The third-order valence-electron chi connectivity index (χ3n) is 3.19. The van der Waals surface area contributed by atoms with Gasteiger partial charge in [0.2, 0.25) is 5.91 Å². The van der Waals surface area contributed by atoms with Crippen LogP contribution >= 0.6 is 43.6 Å². The molecular weight excluding hydrogens is 406 g/mol. The minimum absolute atomic E-state index is 0.116. The van der Waals surface area contributed by atoms with Crippen LogP contribution in [0.25, 0.3) is 0 Å². The number of likely N-dealkylation sites (tertiary alicyclic amines) is 1. The van der Waals surface area contributed by atoms with Gasteiger partial charge in [0.25, 0.3) is 0 Å². The van der Waals surface area contributed by atoms with E-state index in [0.717, 1.165) is 26.8 Å². The molecule has 1 aromatic carbocycles. The van der Waals surface area contributed by atoms with Gasteiger partial charge in [0, 0.05) is 41.1 Å². The monoisotopic (exact) mass is 419 g/mol. The number of carbonyl (C=O) groups is 2. The molecule has 0 bridgehead atoms. The van der Waals surface area contributed by atoms with E-state index < -0.39 is 0 Å². The van der Waals surface area contributed by atoms with Gasteiger partial charge in [0.15, 0.2) is 5.12 Å². The number of thioether (sulfide) groups is 1. The second kappa shape index (κ2) is 7.09. The maximum absolute atomic E-state index is 12.0. The van der Waals surface area contributed by atoms with Gasteiger partial charge in [-0.3, -0.25) is 9.59 Å². The van der Waals surface area contributed by atoms with Crippen LogP contribution in [0.2, 0.25) is 0 Å². The number of halogens is 2. The summed E-state index contributed by atoms with van der Waals surface area (Å²) >= 11 is 8.27. The van der Waals surface area contributed by atoms with E-state index in [1.54, 1.807) is 6.92 Å². The average Bonchev–Trinajstić information content (AvgIpc) is 2.72. The van der Waals surface area contributed by atoms with Crippen molar-refractivity contribution in [2.45, 2.75) is 19.9 Å². The molecule has 1 atom stereocenters. The maximum atomic E-state index is 12.0. The Labute approximate surface area is 139 Å². The van der Waals surface area contributed by atoms with Crippen LogP contribution in [0.1, 0.15) is 18.9 Å². The summed E-state index contributed by atoms with van der Waals surface area (Å²) in [6.07, 6.45) is 0.548. The molecule has 1 saturated heterocycles. The Morgan fingerprint density at radius 3 is 2.90 bits per heavy atom. The van der Waals surface area contributed by atoms with Crippen molar-refractivity contribution in [3.8, 4) is 0 Å². The van der Waals surface area contributed by atoms with Crippen molar-refractivity contribution in [2.24, 2.45) is 5.92 Å². The molecule has 6 heteroatoms. The highest BCUT2D eigenvalue weighted by molar-refractivity contribution is 9.11. The van der Waals surface area contributed by atoms with Crippen LogP contribution in [-0.4, -0.2) is 28.2 Å². The lowest BCUT2D eigenvalue weighted by Gasteiger charge is -2.17. The Hall–Kier alpha value is -0.330. The first kappa shape index (κ1) is 16.0. The van der Waals surface area contributed by atoms with Gasteiger partial charge >= 0.3 is 0 Å². The SMILES string of the molecule is CC(=O)SCC1CC(=O)N(Cc2cc(Br)ccc2Br)C1. The molecule has 0 N–H and O–H groups in total. The number of hydrogen-bond acceptors (Lipinski definition) is 3. The molecular formula is C14H15Br2NO2S. The van der Waals surface area contributed by atoms with Crippen molar-refractivity contribution in [3.63, 3.8) is 0 Å². The van der Waals surface area contributed by atoms with Gasteiger partial charge in [-0.25, -0.2) is 0 Å². The normalized spacial score (nSPS) is 18.6. The van der Waals surface area contributed by atoms with Crippen LogP contribution in [-0.2, 0) is 16.1 Å². The van der Waals surface area contributed by atoms with Gasteiger partial charge in [-0.1, -0.05) is 43.6 Å². The molecule has 0 radical (unpaired) electrons. The molecule has 0 saturated carbocycles. The van der Waals surface area contributed by atoms with E-state index in [1.165, 1.54) is 11.8 Å². The van der Waals surface area contributed by atoms with E-state index in [2.05, 4.69) is 31.9 Å². The number of benzene rings is 1. The van der Waals surface area contributed by atoms with Crippen molar-refractivity contribution in [1.29, 1.82) is 0 Å². The molecule has 1 aliphatic heterocycles. The molecule has 0 aliphatic carbocycles. The van der Waals surface area contributed by atoms with Gasteiger partial charge in [-0.15, -0.1) is 0 Å². The molecule has 1 heterocycles. The summed E-state index contributed by atoms with van der Waals surface area (Å²) in [5.41, 5.74) is 1.09. The van der Waals surface area contributed by atoms with Crippen LogP contribution in [0, 0.1) is 5.92 Å². The zero-order valence-electron chi connectivity index (χ0n) is 11.1. The Kier molecular flexibility index (Phi) is 5.69. The summed E-state index contributed by atoms with van der Waals surface area (Å²) in [4.78, 5) is 24.9. The van der Waals surface area contributed by atoms with E-state index in [0.29, 0.717) is 13.0 Å². The third-order valence-corrected chi connectivity index (χ3v) is 5.50. The molecule has 0 aromatic heterocycles. The number of nitrogens with zero attached hydrogens (tertiary/aromatic N) is 1. The Balaban J connectivity index is 1.98. The predicted molar refractivity (Wildman–Crippen MR) is 88.5 cm³/mol. The minimum atomic E-state index is 0.116. The number of rotatable bonds is 4. The van der Waals surface area contributed by atoms with Crippen LogP contribution in [0.15, 0.2) is 27.1 Å². The van der Waals surface area contributed by atoms with Gasteiger partial charge in [0.1, 0.15) is 0 Å². The van der Waals surface area contributed by atoms with Crippen LogP contribution in [0.4, 0.5) is 0 Å². The lowest BCUT2D eigenvalue weighted by molar-refractivity contribution is -0.128. The predicted octanol–water partition coefficient (Wildman–Crippen LogP) is 3.84. The molecule has 2 rings (SSSR count). The summed E-state index contributed by atoms with van der Waals surface area (Å²) in [6.45, 7) is 2.91. The molecule has 1 fully saturated rings. The summed E-state index contributed by atoms with van der Waals surface area (Å²) in [5.74, 6) is 1.19. The topological polar surface area (TPSA) is 37.4 Å². The first-order valence-corrected chi connectivity index (χ1v) is 8.88. The molecule has 1 aromatic rings. The van der Waals surface area contributed by atoms with Crippen LogP contribution < -0.4 is 0 Å². The smallest absolute Gasteiger partial charge is 0.223 e. The Bertz CT molecular complexity index is 536. The summed E-state index contributed by atoms with van der Waals surface area (Å²) in [7, 11) is 0. The largest absolute Gasteiger partial charge is 0.338 e. The highest BCUT2D eigenvalue weighted by Gasteiger charge is 2.30. The first-order valence-electron chi connectivity index (χ1n) is 6.30. The fourth-order valence-corrected chi connectivity index (χ4v) is 3.70. The van der Waals surface area contributed by atoms with Crippen molar-refractivity contribution in [3.05, 3.63) is 32.7 Å². The molecule has 1 aliphatic rings. The number of hydrogen-bond donors (Lipinski definition) is 0. The van der Waals surface area contributed by atoms with Gasteiger partial charge in [-0.2, -0.15) is 0 Å². The van der Waals surface area contributed by atoms with Gasteiger partial charge in [-0.05, 0) is 29.7 Å². The molecule has 108 valence electrons. The first-order chi connectivity index (χ1) is 9.45. The van der Waals surface area contributed by atoms with Crippen molar-refractivity contribution in [2.75, 3.05) is 12.3 Å². The van der Waals surface area contributed by atoms with Gasteiger partial charge < -0.3 is 4.90 Å². The molecule has 1 amide bonds. The van der Waals surface area contributed by atoms with Crippen LogP contribution in [0.5, 0.6) is 0 Å². The zero-order chi connectivity index (χ0) is 14.7. The van der Waals surface area contributed by atoms with E-state index in [1.807, 2.05) is 23.1 Å². The second-order valence-electron chi connectivity index (χ2n) is 4.88. The third kappa shape index (κ3) is 4.33. The van der Waals surface area contributed by atoms with E-state index in [4.69, 9.17) is 0 Å². The minimum Gasteiger partial charge on any atom is -0.338 e. The highest BCUT2D eigenvalue weighted by Crippen LogP contribution is 2.27. The lowest BCUT2D eigenvalue weighted by atomic mass is 10.1. The van der Waals surface area contributed by atoms with Gasteiger partial charge in [0.05, 0.1) is 0 Å². The zero-order valence-corrected chi connectivity index (χ0v) is 15.1. The lowest BCUT2D eigenvalue weighted by Crippen LogP contribution is -2.25. The van der Waals surface area contributed by atoms with Crippen LogP contribution in [0.3, 0.4) is 0 Å². The molecule has 1 unspecified atom stereocenters. The fourth-order valence-electron chi connectivity index (χ4n) is 2.22.